The van der Waals surface area contributed by atoms with E-state index in [1.807, 2.05) is 6.07 Å². The number of nitrogen functional groups attached to an aromatic ring is 1. The Labute approximate surface area is 104 Å². The molecule has 0 saturated heterocycles. The van der Waals surface area contributed by atoms with Gasteiger partial charge in [-0.15, -0.1) is 0 Å². The molecule has 4 nitrogen and oxygen atoms in total. The van der Waals surface area contributed by atoms with Crippen LogP contribution in [0.5, 0.6) is 0 Å². The summed E-state index contributed by atoms with van der Waals surface area (Å²) in [4.78, 5) is 4.11. The molecule has 2 aromatic heterocycles. The summed E-state index contributed by atoms with van der Waals surface area (Å²) in [6.45, 7) is 0.778. The Kier molecular flexibility index (Phi) is 3.58. The fraction of sp³-hybridized carbons (Fsp3) is 0.167. The van der Waals surface area contributed by atoms with Crippen molar-refractivity contribution in [1.29, 1.82) is 5.26 Å². The van der Waals surface area contributed by atoms with Crippen LogP contribution in [0.3, 0.4) is 0 Å². The van der Waals surface area contributed by atoms with Crippen LogP contribution in [0.25, 0.3) is 0 Å². The number of pyridine rings is 1. The van der Waals surface area contributed by atoms with E-state index in [4.69, 9.17) is 11.0 Å². The van der Waals surface area contributed by atoms with Gasteiger partial charge in [-0.1, -0.05) is 0 Å². The molecule has 86 valence electrons. The van der Waals surface area contributed by atoms with Crippen molar-refractivity contribution in [2.45, 2.75) is 6.42 Å². The number of nitrogens with two attached hydrogens (primary N) is 1. The first-order valence-corrected chi connectivity index (χ1v) is 6.14. The van der Waals surface area contributed by atoms with Crippen molar-refractivity contribution in [2.24, 2.45) is 0 Å². The molecule has 0 radical (unpaired) electrons. The number of hydrogen-bond acceptors (Lipinski definition) is 5. The molecule has 2 heterocycles. The van der Waals surface area contributed by atoms with E-state index in [1.54, 1.807) is 17.4 Å². The maximum Gasteiger partial charge on any atom is 0.149 e. The van der Waals surface area contributed by atoms with Crippen molar-refractivity contribution in [1.82, 2.24) is 4.98 Å². The maximum absolute atomic E-state index is 8.69. The standard InChI is InChI=1S/C12H12N4S/c13-6-10-5-11(14)12(16-7-10)15-3-1-9-2-4-17-8-9/h2,4-5,7-8H,1,3,14H2,(H,15,16). The van der Waals surface area contributed by atoms with Gasteiger partial charge in [0.15, 0.2) is 0 Å². The highest BCUT2D eigenvalue weighted by molar-refractivity contribution is 7.07. The van der Waals surface area contributed by atoms with Crippen LogP contribution < -0.4 is 11.1 Å². The van der Waals surface area contributed by atoms with Crippen LogP contribution in [0, 0.1) is 11.3 Å². The minimum Gasteiger partial charge on any atom is -0.396 e. The third kappa shape index (κ3) is 2.95. The van der Waals surface area contributed by atoms with Crippen molar-refractivity contribution in [3.8, 4) is 6.07 Å². The van der Waals surface area contributed by atoms with Crippen molar-refractivity contribution in [2.75, 3.05) is 17.6 Å². The molecule has 2 aromatic rings. The maximum atomic E-state index is 8.69. The molecule has 0 saturated carbocycles. The van der Waals surface area contributed by atoms with E-state index < -0.39 is 0 Å². The number of anilines is 2. The normalized spacial score (nSPS) is 9.82. The molecule has 0 unspecified atom stereocenters. The fourth-order valence-electron chi connectivity index (χ4n) is 1.45. The van der Waals surface area contributed by atoms with Gasteiger partial charge in [0.1, 0.15) is 11.9 Å². The SMILES string of the molecule is N#Cc1cnc(NCCc2ccsc2)c(N)c1. The highest BCUT2D eigenvalue weighted by Gasteiger charge is 2.01. The van der Waals surface area contributed by atoms with Crippen LogP contribution in [0.4, 0.5) is 11.5 Å². The predicted molar refractivity (Wildman–Crippen MR) is 69.9 cm³/mol. The predicted octanol–water partition coefficient (Wildman–Crippen LogP) is 2.25. The summed E-state index contributed by atoms with van der Waals surface area (Å²) in [7, 11) is 0. The van der Waals surface area contributed by atoms with Crippen LogP contribution in [0.15, 0.2) is 29.1 Å². The number of nitrogens with zero attached hydrogens (tertiary/aromatic N) is 2. The van der Waals surface area contributed by atoms with Gasteiger partial charge in [-0.2, -0.15) is 16.6 Å². The minimum atomic E-state index is 0.478. The Hall–Kier alpha value is -2.06. The second-order valence-electron chi connectivity index (χ2n) is 3.58. The van der Waals surface area contributed by atoms with Crippen LogP contribution in [-0.4, -0.2) is 11.5 Å². The lowest BCUT2D eigenvalue weighted by molar-refractivity contribution is 1.01. The van der Waals surface area contributed by atoms with Crippen LogP contribution >= 0.6 is 11.3 Å². The van der Waals surface area contributed by atoms with E-state index in [-0.39, 0.29) is 0 Å². The first-order chi connectivity index (χ1) is 8.29. The van der Waals surface area contributed by atoms with Gasteiger partial charge >= 0.3 is 0 Å². The zero-order chi connectivity index (χ0) is 12.1. The monoisotopic (exact) mass is 244 g/mol. The molecule has 0 bridgehead atoms. The summed E-state index contributed by atoms with van der Waals surface area (Å²) in [5.41, 5.74) is 8.07. The molecule has 0 fully saturated rings. The van der Waals surface area contributed by atoms with Gasteiger partial charge in [0.25, 0.3) is 0 Å². The van der Waals surface area contributed by atoms with Crippen molar-refractivity contribution in [3.63, 3.8) is 0 Å². The third-order valence-corrected chi connectivity index (χ3v) is 3.06. The molecule has 0 amide bonds. The Morgan fingerprint density at radius 1 is 1.53 bits per heavy atom. The molecule has 5 heteroatoms. The molecule has 0 aliphatic carbocycles. The lowest BCUT2D eigenvalue weighted by atomic mass is 10.2. The average molecular weight is 244 g/mol. The average Bonchev–Trinajstić information content (AvgIpc) is 2.84. The van der Waals surface area contributed by atoms with Gasteiger partial charge in [-0.05, 0) is 34.9 Å². The van der Waals surface area contributed by atoms with E-state index in [2.05, 4.69) is 27.1 Å². The molecule has 0 atom stereocenters. The van der Waals surface area contributed by atoms with Gasteiger partial charge in [0.05, 0.1) is 11.3 Å². The summed E-state index contributed by atoms with van der Waals surface area (Å²) in [6, 6.07) is 5.73. The van der Waals surface area contributed by atoms with E-state index in [9.17, 15) is 0 Å². The molecule has 3 N–H and O–H groups in total. The first kappa shape index (κ1) is 11.4. The molecule has 0 aliphatic rings. The second-order valence-corrected chi connectivity index (χ2v) is 4.36. The molecular weight excluding hydrogens is 232 g/mol. The van der Waals surface area contributed by atoms with Crippen molar-refractivity contribution < 1.29 is 0 Å². The largest absolute Gasteiger partial charge is 0.396 e. The molecular formula is C12H12N4S. The van der Waals surface area contributed by atoms with E-state index in [0.717, 1.165) is 13.0 Å². The number of aromatic nitrogens is 1. The highest BCUT2D eigenvalue weighted by atomic mass is 32.1. The van der Waals surface area contributed by atoms with Gasteiger partial charge in [0.2, 0.25) is 0 Å². The highest BCUT2D eigenvalue weighted by Crippen LogP contribution is 2.16. The van der Waals surface area contributed by atoms with Crippen LogP contribution in [-0.2, 0) is 6.42 Å². The second kappa shape index (κ2) is 5.32. The number of nitriles is 1. The van der Waals surface area contributed by atoms with Crippen molar-refractivity contribution >= 4 is 22.8 Å². The first-order valence-electron chi connectivity index (χ1n) is 5.20. The Balaban J connectivity index is 1.93. The molecule has 17 heavy (non-hydrogen) atoms. The van der Waals surface area contributed by atoms with Gasteiger partial charge in [0, 0.05) is 12.7 Å². The van der Waals surface area contributed by atoms with E-state index in [1.165, 1.54) is 11.8 Å². The Morgan fingerprint density at radius 2 is 2.41 bits per heavy atom. The number of hydrogen-bond donors (Lipinski definition) is 2. The lowest BCUT2D eigenvalue weighted by Gasteiger charge is -2.07. The molecule has 0 spiro atoms. The smallest absolute Gasteiger partial charge is 0.149 e. The zero-order valence-corrected chi connectivity index (χ0v) is 10.00. The van der Waals surface area contributed by atoms with E-state index >= 15 is 0 Å². The molecule has 0 aromatic carbocycles. The summed E-state index contributed by atoms with van der Waals surface area (Å²) in [5.74, 6) is 0.638. The summed E-state index contributed by atoms with van der Waals surface area (Å²) < 4.78 is 0. The lowest BCUT2D eigenvalue weighted by Crippen LogP contribution is -2.08. The van der Waals surface area contributed by atoms with Gasteiger partial charge in [-0.3, -0.25) is 0 Å². The third-order valence-electron chi connectivity index (χ3n) is 2.33. The number of thiophene rings is 1. The summed E-state index contributed by atoms with van der Waals surface area (Å²) in [5, 5.41) is 16.0. The van der Waals surface area contributed by atoms with Crippen LogP contribution in [0.1, 0.15) is 11.1 Å². The minimum absolute atomic E-state index is 0.478. The molecule has 2 rings (SSSR count). The Bertz CT molecular complexity index is 528. The quantitative estimate of drug-likeness (QED) is 0.865. The van der Waals surface area contributed by atoms with E-state index in [0.29, 0.717) is 17.1 Å². The zero-order valence-electron chi connectivity index (χ0n) is 9.18. The molecule has 0 aliphatic heterocycles. The van der Waals surface area contributed by atoms with Gasteiger partial charge < -0.3 is 11.1 Å². The summed E-state index contributed by atoms with van der Waals surface area (Å²) in [6.07, 6.45) is 2.45. The summed E-state index contributed by atoms with van der Waals surface area (Å²) >= 11 is 1.69. The Morgan fingerprint density at radius 3 is 3.06 bits per heavy atom. The van der Waals surface area contributed by atoms with Crippen LogP contribution in [0.2, 0.25) is 0 Å². The van der Waals surface area contributed by atoms with Crippen molar-refractivity contribution in [3.05, 3.63) is 40.2 Å². The fourth-order valence-corrected chi connectivity index (χ4v) is 2.15. The van der Waals surface area contributed by atoms with Gasteiger partial charge in [-0.25, -0.2) is 4.98 Å². The topological polar surface area (TPSA) is 74.7 Å². The number of nitrogens with one attached hydrogen (secondary N) is 1. The number of rotatable bonds is 4.